The van der Waals surface area contributed by atoms with Crippen LogP contribution >= 0.6 is 0 Å². The summed E-state index contributed by atoms with van der Waals surface area (Å²) in [7, 11) is -5.17. The van der Waals surface area contributed by atoms with Crippen molar-refractivity contribution in [2.75, 3.05) is 0 Å². The molecule has 73 heavy (non-hydrogen) atoms. The topological polar surface area (TPSA) is 98.7 Å². The number of rotatable bonds is 40. The van der Waals surface area contributed by atoms with E-state index in [1.165, 1.54) is 228 Å². The van der Waals surface area contributed by atoms with E-state index in [-0.39, 0.29) is 59.1 Å². The molecule has 9 heteroatoms. The maximum absolute atomic E-state index is 8.52. The van der Waals surface area contributed by atoms with Gasteiger partial charge >= 0.3 is 59.1 Å². The molecule has 0 saturated heterocycles. The summed E-state index contributed by atoms with van der Waals surface area (Å²) >= 11 is 0. The molecule has 0 fully saturated rings. The number of hydrogen-bond acceptors (Lipinski definition) is 6. The van der Waals surface area contributed by atoms with Crippen LogP contribution in [0.5, 0.6) is 23.0 Å². The Morgan fingerprint density at radius 3 is 0.616 bits per heavy atom. The van der Waals surface area contributed by atoms with E-state index in [9.17, 15) is 0 Å². The number of benzene rings is 4. The SMILES string of the molecule is CCCCCCCCCCc1ccccc1Oc1ccccc1CCCCCCCCCC.CCCCCCCCCCc1ccccc1Oc1ccccc1CCCCCCCCCC.O=S(=O)([O-])[O-].[Na+].[Na+]. The second-order valence-corrected chi connectivity index (χ2v) is 20.8. The molecule has 0 aliphatic rings. The van der Waals surface area contributed by atoms with Crippen LogP contribution in [-0.2, 0) is 36.1 Å². The van der Waals surface area contributed by atoms with Gasteiger partial charge in [-0.2, -0.15) is 0 Å². The zero-order valence-corrected chi connectivity index (χ0v) is 52.4. The first kappa shape index (κ1) is 71.3. The van der Waals surface area contributed by atoms with E-state index >= 15 is 0 Å². The van der Waals surface area contributed by atoms with Crippen LogP contribution in [0.2, 0.25) is 0 Å². The second kappa shape index (κ2) is 49.9. The van der Waals surface area contributed by atoms with Crippen molar-refractivity contribution < 1.29 is 86.1 Å². The van der Waals surface area contributed by atoms with Gasteiger partial charge in [-0.15, -0.1) is 0 Å². The Morgan fingerprint density at radius 1 is 0.288 bits per heavy atom. The molecule has 0 N–H and O–H groups in total. The average Bonchev–Trinajstić information content (AvgIpc) is 3.36. The molecule has 0 amide bonds. The van der Waals surface area contributed by atoms with Crippen molar-refractivity contribution in [3.63, 3.8) is 0 Å². The molecule has 0 heterocycles. The van der Waals surface area contributed by atoms with Gasteiger partial charge in [-0.3, -0.25) is 8.42 Å². The van der Waals surface area contributed by atoms with Crippen molar-refractivity contribution in [2.24, 2.45) is 0 Å². The first-order valence-corrected chi connectivity index (χ1v) is 30.4. The Kier molecular flexibility index (Phi) is 48.8. The molecular formula is C64H100Na2O6S. The maximum atomic E-state index is 8.52. The summed E-state index contributed by atoms with van der Waals surface area (Å²) in [4.78, 5) is 0. The third-order valence-corrected chi connectivity index (χ3v) is 13.5. The Bertz CT molecular complexity index is 1700. The number of ether oxygens (including phenoxy) is 2. The number of unbranched alkanes of at least 4 members (excludes halogenated alkanes) is 28. The minimum atomic E-state index is -5.17. The molecule has 0 aliphatic heterocycles. The monoisotopic (exact) mass is 1040 g/mol. The fraction of sp³-hybridized carbons (Fsp3) is 0.625. The first-order chi connectivity index (χ1) is 34.7. The predicted octanol–water partition coefficient (Wildman–Crippen LogP) is 14.4. The zero-order chi connectivity index (χ0) is 51.3. The number of aryl methyl sites for hydroxylation is 4. The Morgan fingerprint density at radius 2 is 0.438 bits per heavy atom. The van der Waals surface area contributed by atoms with Gasteiger partial charge in [0, 0.05) is 10.4 Å². The van der Waals surface area contributed by atoms with E-state index in [4.69, 9.17) is 27.0 Å². The molecule has 4 rings (SSSR count). The van der Waals surface area contributed by atoms with Crippen LogP contribution in [-0.4, -0.2) is 17.5 Å². The van der Waals surface area contributed by atoms with Crippen LogP contribution in [0.25, 0.3) is 0 Å². The van der Waals surface area contributed by atoms with Crippen LogP contribution < -0.4 is 68.6 Å². The molecule has 0 saturated carbocycles. The van der Waals surface area contributed by atoms with Crippen molar-refractivity contribution in [1.29, 1.82) is 0 Å². The molecule has 4 aromatic rings. The molecule has 0 aromatic heterocycles. The Hall–Kier alpha value is -1.65. The predicted molar refractivity (Wildman–Crippen MR) is 302 cm³/mol. The standard InChI is InChI=1S/2C32H50O.2Na.H2O4S/c2*1-3-5-7-9-11-13-15-17-23-29-25-19-21-27-31(29)33-32-28-22-20-26-30(32)24-18-16-14-12-10-8-6-4-2;;;1-5(2,3)4/h2*19-22,25-28H,3-18,23-24H2,1-2H3;;;(H2,1,2,3,4)/q;;2*+1;/p-2. The van der Waals surface area contributed by atoms with Gasteiger partial charge in [0.2, 0.25) is 0 Å². The van der Waals surface area contributed by atoms with E-state index in [2.05, 4.69) is 125 Å². The zero-order valence-electron chi connectivity index (χ0n) is 47.6. The molecule has 0 unspecified atom stereocenters. The maximum Gasteiger partial charge on any atom is 1.00 e. The molecule has 6 nitrogen and oxygen atoms in total. The smallest absolute Gasteiger partial charge is 0.759 e. The summed E-state index contributed by atoms with van der Waals surface area (Å²) in [5.74, 6) is 4.18. The Labute approximate surface area is 493 Å². The molecule has 0 radical (unpaired) electrons. The van der Waals surface area contributed by atoms with Crippen molar-refractivity contribution in [2.45, 2.75) is 259 Å². The molecular weight excluding hydrogens is 943 g/mol. The van der Waals surface area contributed by atoms with Gasteiger partial charge in [-0.1, -0.05) is 280 Å². The molecule has 0 spiro atoms. The molecule has 0 aliphatic carbocycles. The second-order valence-electron chi connectivity index (χ2n) is 19.9. The van der Waals surface area contributed by atoms with Gasteiger partial charge in [0.15, 0.2) is 0 Å². The van der Waals surface area contributed by atoms with Crippen molar-refractivity contribution >= 4 is 10.4 Å². The van der Waals surface area contributed by atoms with Crippen molar-refractivity contribution in [3.05, 3.63) is 119 Å². The van der Waals surface area contributed by atoms with E-state index in [0.717, 1.165) is 48.7 Å². The van der Waals surface area contributed by atoms with Gasteiger partial charge in [0.1, 0.15) is 23.0 Å². The summed E-state index contributed by atoms with van der Waals surface area (Å²) < 4.78 is 47.1. The fourth-order valence-electron chi connectivity index (χ4n) is 9.27. The van der Waals surface area contributed by atoms with E-state index in [0.29, 0.717) is 0 Å². The van der Waals surface area contributed by atoms with Crippen LogP contribution in [0.3, 0.4) is 0 Å². The summed E-state index contributed by atoms with van der Waals surface area (Å²) in [5.41, 5.74) is 5.41. The summed E-state index contributed by atoms with van der Waals surface area (Å²) in [6.07, 6.45) is 48.0. The number of hydrogen-bond donors (Lipinski definition) is 0. The first-order valence-electron chi connectivity index (χ1n) is 29.0. The number of para-hydroxylation sites is 4. The minimum Gasteiger partial charge on any atom is -0.759 e. The minimum absolute atomic E-state index is 0. The molecule has 0 atom stereocenters. The molecule has 0 bridgehead atoms. The molecule has 400 valence electrons. The summed E-state index contributed by atoms with van der Waals surface area (Å²) in [6.45, 7) is 9.14. The van der Waals surface area contributed by atoms with Crippen LogP contribution in [0, 0.1) is 0 Å². The van der Waals surface area contributed by atoms with Crippen molar-refractivity contribution in [1.82, 2.24) is 0 Å². The van der Waals surface area contributed by atoms with Crippen LogP contribution in [0.15, 0.2) is 97.1 Å². The van der Waals surface area contributed by atoms with E-state index in [1.54, 1.807) is 0 Å². The summed E-state index contributed by atoms with van der Waals surface area (Å²) in [5, 5.41) is 0. The van der Waals surface area contributed by atoms with Crippen LogP contribution in [0.1, 0.15) is 255 Å². The van der Waals surface area contributed by atoms with Gasteiger partial charge in [-0.05, 0) is 97.9 Å². The third-order valence-electron chi connectivity index (χ3n) is 13.5. The van der Waals surface area contributed by atoms with Gasteiger partial charge < -0.3 is 18.6 Å². The van der Waals surface area contributed by atoms with Crippen molar-refractivity contribution in [3.8, 4) is 23.0 Å². The van der Waals surface area contributed by atoms with Gasteiger partial charge in [-0.25, -0.2) is 0 Å². The summed E-state index contributed by atoms with van der Waals surface area (Å²) in [6, 6.07) is 34.6. The van der Waals surface area contributed by atoms with Gasteiger partial charge in [0.05, 0.1) is 0 Å². The third kappa shape index (κ3) is 40.3. The normalized spacial score (nSPS) is 10.8. The fourth-order valence-corrected chi connectivity index (χ4v) is 9.27. The largest absolute Gasteiger partial charge is 1.00 e. The average molecular weight is 1040 g/mol. The Balaban J connectivity index is 0.00000127. The van der Waals surface area contributed by atoms with Crippen LogP contribution in [0.4, 0.5) is 0 Å². The molecule has 4 aromatic carbocycles. The van der Waals surface area contributed by atoms with Gasteiger partial charge in [0.25, 0.3) is 0 Å². The van der Waals surface area contributed by atoms with E-state index < -0.39 is 10.4 Å². The quantitative estimate of drug-likeness (QED) is 0.0190. The van der Waals surface area contributed by atoms with E-state index in [1.807, 2.05) is 0 Å².